The van der Waals surface area contributed by atoms with Crippen molar-refractivity contribution < 1.29 is 4.79 Å². The molecule has 1 aromatic carbocycles. The number of hydrogen-bond acceptors (Lipinski definition) is 3. The highest BCUT2D eigenvalue weighted by Crippen LogP contribution is 2.22. The smallest absolute Gasteiger partial charge is 0.274 e. The molecule has 1 amide bonds. The lowest BCUT2D eigenvalue weighted by Crippen LogP contribution is -2.35. The second-order valence-electron chi connectivity index (χ2n) is 5.85. The zero-order valence-corrected chi connectivity index (χ0v) is 12.9. The van der Waals surface area contributed by atoms with E-state index in [4.69, 9.17) is 0 Å². The summed E-state index contributed by atoms with van der Waals surface area (Å²) >= 11 is 0. The molecule has 0 bridgehead atoms. The zero-order valence-electron chi connectivity index (χ0n) is 12.9. The third-order valence-electron chi connectivity index (χ3n) is 4.28. The Morgan fingerprint density at radius 1 is 1.04 bits per heavy atom. The molecule has 116 valence electrons. The Morgan fingerprint density at radius 3 is 2.61 bits per heavy atom. The molecule has 0 saturated carbocycles. The average Bonchev–Trinajstić information content (AvgIpc) is 3.06. The van der Waals surface area contributed by atoms with Gasteiger partial charge < -0.3 is 9.30 Å². The largest absolute Gasteiger partial charge is 0.337 e. The van der Waals surface area contributed by atoms with E-state index < -0.39 is 0 Å². The van der Waals surface area contributed by atoms with Crippen LogP contribution in [0.1, 0.15) is 29.8 Å². The minimum Gasteiger partial charge on any atom is -0.337 e. The average molecular weight is 306 g/mol. The third-order valence-corrected chi connectivity index (χ3v) is 4.28. The first-order valence-electron chi connectivity index (χ1n) is 8.01. The highest BCUT2D eigenvalue weighted by molar-refractivity contribution is 5.93. The van der Waals surface area contributed by atoms with Gasteiger partial charge in [-0.3, -0.25) is 9.78 Å². The topological polar surface area (TPSA) is 50.5 Å². The summed E-state index contributed by atoms with van der Waals surface area (Å²) in [4.78, 5) is 23.6. The molecule has 0 unspecified atom stereocenters. The van der Waals surface area contributed by atoms with Gasteiger partial charge in [0.1, 0.15) is 11.4 Å². The normalized spacial score (nSPS) is 15.0. The van der Waals surface area contributed by atoms with Crippen molar-refractivity contribution in [2.75, 3.05) is 13.1 Å². The van der Waals surface area contributed by atoms with Crippen LogP contribution in [0.5, 0.6) is 0 Å². The molecule has 5 heteroatoms. The Labute approximate surface area is 134 Å². The van der Waals surface area contributed by atoms with E-state index in [1.807, 2.05) is 45.8 Å². The number of fused-ring (bicyclic) bond motifs is 1. The number of hydrogen-bond donors (Lipinski definition) is 0. The summed E-state index contributed by atoms with van der Waals surface area (Å²) < 4.78 is 1.88. The maximum absolute atomic E-state index is 12.6. The van der Waals surface area contributed by atoms with Crippen LogP contribution in [0.25, 0.3) is 16.9 Å². The van der Waals surface area contributed by atoms with Crippen LogP contribution >= 0.6 is 0 Å². The number of imidazole rings is 1. The molecule has 2 aromatic heterocycles. The molecular formula is C18H18N4O. The Morgan fingerprint density at radius 2 is 1.83 bits per heavy atom. The molecule has 1 fully saturated rings. The molecular weight excluding hydrogens is 288 g/mol. The van der Waals surface area contributed by atoms with Crippen molar-refractivity contribution >= 4 is 11.6 Å². The van der Waals surface area contributed by atoms with Gasteiger partial charge in [-0.1, -0.05) is 30.3 Å². The quantitative estimate of drug-likeness (QED) is 0.731. The van der Waals surface area contributed by atoms with Gasteiger partial charge in [0.05, 0.1) is 0 Å². The number of carbonyl (C=O) groups is 1. The molecule has 0 aliphatic carbocycles. The molecule has 3 aromatic rings. The van der Waals surface area contributed by atoms with Crippen molar-refractivity contribution in [3.8, 4) is 11.3 Å². The van der Waals surface area contributed by atoms with Gasteiger partial charge in [0.2, 0.25) is 0 Å². The summed E-state index contributed by atoms with van der Waals surface area (Å²) in [7, 11) is 0. The number of aromatic nitrogens is 3. The van der Waals surface area contributed by atoms with Gasteiger partial charge in [0, 0.05) is 37.2 Å². The van der Waals surface area contributed by atoms with Crippen LogP contribution in [-0.4, -0.2) is 38.3 Å². The Balaban J connectivity index is 1.75. The molecule has 1 aliphatic rings. The second-order valence-corrected chi connectivity index (χ2v) is 5.85. The third kappa shape index (κ3) is 2.59. The van der Waals surface area contributed by atoms with Crippen LogP contribution in [-0.2, 0) is 0 Å². The van der Waals surface area contributed by atoms with Gasteiger partial charge >= 0.3 is 0 Å². The highest BCUT2D eigenvalue weighted by atomic mass is 16.2. The van der Waals surface area contributed by atoms with Gasteiger partial charge in [-0.05, 0) is 19.3 Å². The van der Waals surface area contributed by atoms with E-state index in [1.54, 1.807) is 12.4 Å². The van der Waals surface area contributed by atoms with Gasteiger partial charge in [-0.25, -0.2) is 4.98 Å². The lowest BCUT2D eigenvalue weighted by atomic mass is 10.1. The Hall–Kier alpha value is -2.69. The van der Waals surface area contributed by atoms with E-state index in [1.165, 1.54) is 6.42 Å². The van der Waals surface area contributed by atoms with E-state index in [0.29, 0.717) is 5.69 Å². The standard InChI is InChI=1S/C18H18N4O/c23-18(21-10-5-2-6-11-21)15-13-22-12-9-19-16(17(22)20-15)14-7-3-1-4-8-14/h1,3-4,7-9,12-13H,2,5-6,10-11H2. The molecule has 5 nitrogen and oxygen atoms in total. The molecule has 1 saturated heterocycles. The predicted octanol–water partition coefficient (Wildman–Crippen LogP) is 3.02. The molecule has 0 spiro atoms. The van der Waals surface area contributed by atoms with Crippen LogP contribution in [0, 0.1) is 0 Å². The van der Waals surface area contributed by atoms with Crippen molar-refractivity contribution in [1.29, 1.82) is 0 Å². The lowest BCUT2D eigenvalue weighted by Gasteiger charge is -2.25. The molecule has 4 rings (SSSR count). The maximum Gasteiger partial charge on any atom is 0.274 e. The molecule has 0 N–H and O–H groups in total. The first kappa shape index (κ1) is 13.9. The molecule has 0 atom stereocenters. The minimum absolute atomic E-state index is 0.0208. The van der Waals surface area contributed by atoms with E-state index in [2.05, 4.69) is 9.97 Å². The number of piperidine rings is 1. The van der Waals surface area contributed by atoms with Crippen molar-refractivity contribution in [2.45, 2.75) is 19.3 Å². The Bertz CT molecular complexity index is 835. The summed E-state index contributed by atoms with van der Waals surface area (Å²) in [5.74, 6) is 0.0208. The molecule has 1 aliphatic heterocycles. The molecule has 3 heterocycles. The number of carbonyl (C=O) groups excluding carboxylic acids is 1. The summed E-state index contributed by atoms with van der Waals surface area (Å²) in [6.07, 6.45) is 8.75. The maximum atomic E-state index is 12.6. The first-order valence-corrected chi connectivity index (χ1v) is 8.01. The van der Waals surface area contributed by atoms with Gasteiger partial charge in [-0.15, -0.1) is 0 Å². The predicted molar refractivity (Wildman–Crippen MR) is 88.2 cm³/mol. The minimum atomic E-state index is 0.0208. The van der Waals surface area contributed by atoms with Crippen LogP contribution in [0.3, 0.4) is 0 Å². The van der Waals surface area contributed by atoms with Crippen LogP contribution in [0.2, 0.25) is 0 Å². The van der Waals surface area contributed by atoms with E-state index in [9.17, 15) is 4.79 Å². The number of amides is 1. The fraction of sp³-hybridized carbons (Fsp3) is 0.278. The van der Waals surface area contributed by atoms with Crippen LogP contribution < -0.4 is 0 Å². The molecule has 23 heavy (non-hydrogen) atoms. The first-order chi connectivity index (χ1) is 11.3. The summed E-state index contributed by atoms with van der Waals surface area (Å²) in [5, 5.41) is 0. The van der Waals surface area contributed by atoms with E-state index >= 15 is 0 Å². The SMILES string of the molecule is O=C(c1cn2ccnc(-c3ccccc3)c2n1)N1CCCCC1. The number of rotatable bonds is 2. The van der Waals surface area contributed by atoms with Gasteiger partial charge in [0.25, 0.3) is 5.91 Å². The summed E-state index contributed by atoms with van der Waals surface area (Å²) in [6, 6.07) is 9.93. The lowest BCUT2D eigenvalue weighted by molar-refractivity contribution is 0.0719. The fourth-order valence-electron chi connectivity index (χ4n) is 3.08. The Kier molecular flexibility index (Phi) is 3.54. The van der Waals surface area contributed by atoms with Crippen molar-refractivity contribution in [3.05, 3.63) is 54.6 Å². The van der Waals surface area contributed by atoms with Crippen molar-refractivity contribution in [3.63, 3.8) is 0 Å². The zero-order chi connectivity index (χ0) is 15.6. The van der Waals surface area contributed by atoms with Gasteiger partial charge in [-0.2, -0.15) is 0 Å². The monoisotopic (exact) mass is 306 g/mol. The summed E-state index contributed by atoms with van der Waals surface area (Å²) in [5.41, 5.74) is 3.02. The van der Waals surface area contributed by atoms with E-state index in [-0.39, 0.29) is 5.91 Å². The van der Waals surface area contributed by atoms with Crippen LogP contribution in [0.15, 0.2) is 48.9 Å². The number of likely N-dealkylation sites (tertiary alicyclic amines) is 1. The molecule has 0 radical (unpaired) electrons. The second kappa shape index (κ2) is 5.83. The highest BCUT2D eigenvalue weighted by Gasteiger charge is 2.21. The fourth-order valence-corrected chi connectivity index (χ4v) is 3.08. The van der Waals surface area contributed by atoms with Gasteiger partial charge in [0.15, 0.2) is 5.65 Å². The van der Waals surface area contributed by atoms with E-state index in [0.717, 1.165) is 42.8 Å². The van der Waals surface area contributed by atoms with Crippen LogP contribution in [0.4, 0.5) is 0 Å². The van der Waals surface area contributed by atoms with Crippen molar-refractivity contribution in [2.24, 2.45) is 0 Å². The number of nitrogens with zero attached hydrogens (tertiary/aromatic N) is 4. The van der Waals surface area contributed by atoms with Crippen molar-refractivity contribution in [1.82, 2.24) is 19.3 Å². The number of benzene rings is 1. The summed E-state index contributed by atoms with van der Waals surface area (Å²) in [6.45, 7) is 1.66.